The average Bonchev–Trinajstić information content (AvgIpc) is 3.07. The summed E-state index contributed by atoms with van der Waals surface area (Å²) in [5, 5.41) is 1.17. The second-order valence-corrected chi connectivity index (χ2v) is 6.79. The summed E-state index contributed by atoms with van der Waals surface area (Å²) in [7, 11) is 1.62. The molecule has 1 N–H and O–H groups in total. The van der Waals surface area contributed by atoms with Crippen molar-refractivity contribution in [3.8, 4) is 5.88 Å². The summed E-state index contributed by atoms with van der Waals surface area (Å²) < 4.78 is 5.12. The van der Waals surface area contributed by atoms with Crippen LogP contribution in [0.15, 0.2) is 42.9 Å². The molecule has 0 aliphatic carbocycles. The van der Waals surface area contributed by atoms with Crippen molar-refractivity contribution >= 4 is 11.0 Å². The fraction of sp³-hybridized carbons (Fsp3) is 0.227. The third-order valence-electron chi connectivity index (χ3n) is 4.72. The molecule has 0 saturated carbocycles. The highest BCUT2D eigenvalue weighted by Gasteiger charge is 2.10. The van der Waals surface area contributed by atoms with Crippen molar-refractivity contribution < 1.29 is 4.74 Å². The number of ether oxygens (including phenoxy) is 1. The van der Waals surface area contributed by atoms with Crippen LogP contribution in [0.25, 0.3) is 11.0 Å². The Kier molecular flexibility index (Phi) is 4.59. The van der Waals surface area contributed by atoms with E-state index in [0.717, 1.165) is 40.9 Å². The minimum absolute atomic E-state index is 0.619. The lowest BCUT2D eigenvalue weighted by atomic mass is 10.00. The summed E-state index contributed by atoms with van der Waals surface area (Å²) in [5.41, 5.74) is 7.68. The van der Waals surface area contributed by atoms with Gasteiger partial charge < -0.3 is 9.72 Å². The molecule has 5 heteroatoms. The van der Waals surface area contributed by atoms with E-state index < -0.39 is 0 Å². The van der Waals surface area contributed by atoms with E-state index in [1.165, 1.54) is 16.5 Å². The fourth-order valence-corrected chi connectivity index (χ4v) is 3.21. The maximum absolute atomic E-state index is 5.12. The number of pyridine rings is 3. The van der Waals surface area contributed by atoms with Crippen LogP contribution in [0.1, 0.15) is 33.5 Å². The van der Waals surface area contributed by atoms with Gasteiger partial charge in [0.15, 0.2) is 0 Å². The minimum atomic E-state index is 0.619. The van der Waals surface area contributed by atoms with E-state index in [1.807, 2.05) is 37.6 Å². The first-order valence-corrected chi connectivity index (χ1v) is 8.91. The van der Waals surface area contributed by atoms with Crippen LogP contribution in [-0.2, 0) is 12.8 Å². The highest BCUT2D eigenvalue weighted by molar-refractivity contribution is 5.80. The van der Waals surface area contributed by atoms with Gasteiger partial charge in [-0.2, -0.15) is 0 Å². The minimum Gasteiger partial charge on any atom is -0.481 e. The molecule has 0 atom stereocenters. The van der Waals surface area contributed by atoms with Crippen LogP contribution in [0.5, 0.6) is 5.88 Å². The fourth-order valence-electron chi connectivity index (χ4n) is 3.21. The van der Waals surface area contributed by atoms with Crippen molar-refractivity contribution in [2.45, 2.75) is 26.7 Å². The third kappa shape index (κ3) is 3.67. The van der Waals surface area contributed by atoms with Gasteiger partial charge in [0.25, 0.3) is 0 Å². The van der Waals surface area contributed by atoms with E-state index >= 15 is 0 Å². The van der Waals surface area contributed by atoms with Gasteiger partial charge in [-0.05, 0) is 47.7 Å². The number of aryl methyl sites for hydroxylation is 2. The van der Waals surface area contributed by atoms with Gasteiger partial charge in [0.1, 0.15) is 5.65 Å². The van der Waals surface area contributed by atoms with Crippen molar-refractivity contribution in [2.24, 2.45) is 0 Å². The van der Waals surface area contributed by atoms with Crippen LogP contribution in [0.4, 0.5) is 0 Å². The second-order valence-electron chi connectivity index (χ2n) is 6.79. The summed E-state index contributed by atoms with van der Waals surface area (Å²) in [5.74, 6) is 0.619. The van der Waals surface area contributed by atoms with Crippen molar-refractivity contribution in [1.29, 1.82) is 0 Å². The lowest BCUT2D eigenvalue weighted by Crippen LogP contribution is -1.99. The SMILES string of the molecule is COc1ccc(Cc2[c]nc(C)c(Cc3c[nH]c4ncc(C)cc34)c2)cn1. The summed E-state index contributed by atoms with van der Waals surface area (Å²) >= 11 is 0. The van der Waals surface area contributed by atoms with Gasteiger partial charge in [-0.25, -0.2) is 9.97 Å². The number of H-pyrrole nitrogens is 1. The molecule has 0 unspecified atom stereocenters. The molecule has 0 saturated heterocycles. The Morgan fingerprint density at radius 3 is 2.70 bits per heavy atom. The Hall–Kier alpha value is -3.21. The third-order valence-corrected chi connectivity index (χ3v) is 4.72. The lowest BCUT2D eigenvalue weighted by Gasteiger charge is -2.08. The number of rotatable bonds is 5. The molecule has 27 heavy (non-hydrogen) atoms. The highest BCUT2D eigenvalue weighted by Crippen LogP contribution is 2.22. The standard InChI is InChI=1S/C22H21N4O/c1-14-6-20-19(13-26-22(20)25-10-14)9-18-8-17(12-23-15(18)2)7-16-4-5-21(27-3)24-11-16/h4-6,8,10-11,13H,7,9H2,1-3H3,(H,25,26). The van der Waals surface area contributed by atoms with Crippen LogP contribution in [0.3, 0.4) is 0 Å². The molecule has 0 spiro atoms. The smallest absolute Gasteiger partial charge is 0.212 e. The molecule has 4 heterocycles. The summed E-state index contributed by atoms with van der Waals surface area (Å²) in [6.45, 7) is 4.09. The predicted molar refractivity (Wildman–Crippen MR) is 105 cm³/mol. The van der Waals surface area contributed by atoms with Crippen LogP contribution >= 0.6 is 0 Å². The molecule has 0 amide bonds. The second kappa shape index (κ2) is 7.19. The Morgan fingerprint density at radius 1 is 1.04 bits per heavy atom. The van der Waals surface area contributed by atoms with Crippen LogP contribution < -0.4 is 4.74 Å². The topological polar surface area (TPSA) is 63.7 Å². The maximum Gasteiger partial charge on any atom is 0.212 e. The van der Waals surface area contributed by atoms with E-state index in [-0.39, 0.29) is 0 Å². The largest absolute Gasteiger partial charge is 0.481 e. The molecule has 0 fully saturated rings. The predicted octanol–water partition coefficient (Wildman–Crippen LogP) is 3.96. The molecular formula is C22H21N4O. The number of aromatic nitrogens is 4. The van der Waals surface area contributed by atoms with Gasteiger partial charge in [0.05, 0.1) is 13.3 Å². The number of fused-ring (bicyclic) bond motifs is 1. The van der Waals surface area contributed by atoms with E-state index in [2.05, 4.69) is 45.2 Å². The zero-order chi connectivity index (χ0) is 18.8. The van der Waals surface area contributed by atoms with Crippen LogP contribution in [0.2, 0.25) is 0 Å². The van der Waals surface area contributed by atoms with Gasteiger partial charge in [-0.15, -0.1) is 0 Å². The molecule has 4 rings (SSSR count). The molecule has 0 aromatic carbocycles. The summed E-state index contributed by atoms with van der Waals surface area (Å²) in [6.07, 6.45) is 10.5. The van der Waals surface area contributed by atoms with Gasteiger partial charge in [-0.3, -0.25) is 4.98 Å². The number of methoxy groups -OCH3 is 1. The number of hydrogen-bond acceptors (Lipinski definition) is 4. The monoisotopic (exact) mass is 357 g/mol. The Bertz CT molecular complexity index is 1080. The first-order valence-electron chi connectivity index (χ1n) is 8.91. The van der Waals surface area contributed by atoms with Crippen LogP contribution in [-0.4, -0.2) is 27.0 Å². The Labute approximate surface area is 158 Å². The zero-order valence-electron chi connectivity index (χ0n) is 15.7. The van der Waals surface area contributed by atoms with E-state index in [4.69, 9.17) is 4.74 Å². The molecule has 4 aromatic heterocycles. The average molecular weight is 357 g/mol. The molecule has 0 bridgehead atoms. The van der Waals surface area contributed by atoms with Gasteiger partial charge in [0.2, 0.25) is 5.88 Å². The summed E-state index contributed by atoms with van der Waals surface area (Å²) in [4.78, 5) is 16.5. The lowest BCUT2D eigenvalue weighted by molar-refractivity contribution is 0.397. The van der Waals surface area contributed by atoms with Crippen molar-refractivity contribution in [3.63, 3.8) is 0 Å². The molecule has 5 nitrogen and oxygen atoms in total. The maximum atomic E-state index is 5.12. The number of aromatic amines is 1. The summed E-state index contributed by atoms with van der Waals surface area (Å²) in [6, 6.07) is 8.26. The highest BCUT2D eigenvalue weighted by atomic mass is 16.5. The quantitative estimate of drug-likeness (QED) is 0.587. The van der Waals surface area contributed by atoms with Crippen molar-refractivity contribution in [1.82, 2.24) is 19.9 Å². The normalized spacial score (nSPS) is 11.1. The Morgan fingerprint density at radius 2 is 1.93 bits per heavy atom. The van der Waals surface area contributed by atoms with Gasteiger partial charge >= 0.3 is 0 Å². The van der Waals surface area contributed by atoms with E-state index in [1.54, 1.807) is 7.11 Å². The first kappa shape index (κ1) is 17.2. The van der Waals surface area contributed by atoms with Crippen molar-refractivity contribution in [2.75, 3.05) is 7.11 Å². The molecule has 135 valence electrons. The molecule has 1 radical (unpaired) electrons. The molecule has 4 aromatic rings. The molecule has 0 aliphatic heterocycles. The van der Waals surface area contributed by atoms with Gasteiger partial charge in [-0.1, -0.05) is 12.1 Å². The zero-order valence-corrected chi connectivity index (χ0v) is 15.7. The first-order chi connectivity index (χ1) is 13.1. The molecular weight excluding hydrogens is 336 g/mol. The van der Waals surface area contributed by atoms with E-state index in [9.17, 15) is 0 Å². The number of hydrogen-bond donors (Lipinski definition) is 1. The van der Waals surface area contributed by atoms with Gasteiger partial charge in [0, 0.05) is 48.6 Å². The van der Waals surface area contributed by atoms with E-state index in [0.29, 0.717) is 5.88 Å². The Balaban J connectivity index is 1.60. The van der Waals surface area contributed by atoms with Crippen LogP contribution in [0, 0.1) is 20.0 Å². The van der Waals surface area contributed by atoms with Crippen molar-refractivity contribution in [3.05, 3.63) is 82.6 Å². The number of nitrogens with zero attached hydrogens (tertiary/aromatic N) is 3. The molecule has 0 aliphatic rings. The number of nitrogens with one attached hydrogen (secondary N) is 1.